The molecule has 0 radical (unpaired) electrons. The summed E-state index contributed by atoms with van der Waals surface area (Å²) in [5.74, 6) is 0. The summed E-state index contributed by atoms with van der Waals surface area (Å²) in [4.78, 5) is 0. The van der Waals surface area contributed by atoms with Crippen molar-refractivity contribution in [3.8, 4) is 0 Å². The molecule has 0 amide bonds. The molecule has 84 valence electrons. The fraction of sp³-hybridized carbons (Fsp3) is 0.333. The average molecular weight is 233 g/mol. The Morgan fingerprint density at radius 3 is 2.88 bits per heavy atom. The van der Waals surface area contributed by atoms with Crippen LogP contribution >= 0.6 is 11.5 Å². The van der Waals surface area contributed by atoms with Crippen LogP contribution in [0.2, 0.25) is 0 Å². The summed E-state index contributed by atoms with van der Waals surface area (Å²) in [6, 6.07) is 8.77. The van der Waals surface area contributed by atoms with Crippen LogP contribution in [0.1, 0.15) is 29.8 Å². The first-order chi connectivity index (χ1) is 7.77. The van der Waals surface area contributed by atoms with Crippen molar-refractivity contribution in [2.24, 2.45) is 0 Å². The van der Waals surface area contributed by atoms with Crippen molar-refractivity contribution in [3.63, 3.8) is 0 Å². The zero-order chi connectivity index (χ0) is 11.4. The van der Waals surface area contributed by atoms with Gasteiger partial charge in [0.05, 0.1) is 5.69 Å². The Bertz CT molecular complexity index is 439. The first kappa shape index (κ1) is 11.2. The molecule has 1 atom stereocenters. The first-order valence-corrected chi connectivity index (χ1v) is 6.16. The molecule has 3 nitrogen and oxygen atoms in total. The van der Waals surface area contributed by atoms with Gasteiger partial charge < -0.3 is 5.32 Å². The van der Waals surface area contributed by atoms with Gasteiger partial charge in [0.25, 0.3) is 0 Å². The van der Waals surface area contributed by atoms with Gasteiger partial charge in [0, 0.05) is 18.0 Å². The summed E-state index contributed by atoms with van der Waals surface area (Å²) in [7, 11) is 0. The Kier molecular flexibility index (Phi) is 3.64. The first-order valence-electron chi connectivity index (χ1n) is 5.32. The van der Waals surface area contributed by atoms with E-state index in [1.165, 1.54) is 22.7 Å². The van der Waals surface area contributed by atoms with Crippen LogP contribution in [-0.4, -0.2) is 9.59 Å². The van der Waals surface area contributed by atoms with Gasteiger partial charge in [0.2, 0.25) is 0 Å². The molecular formula is C12H15N3S. The Hall–Kier alpha value is -1.26. The normalized spacial score (nSPS) is 12.6. The summed E-state index contributed by atoms with van der Waals surface area (Å²) >= 11 is 1.39. The lowest BCUT2D eigenvalue weighted by atomic mass is 10.0. The molecule has 0 bridgehead atoms. The van der Waals surface area contributed by atoms with Crippen molar-refractivity contribution in [1.82, 2.24) is 14.9 Å². The lowest BCUT2D eigenvalue weighted by Gasteiger charge is -2.15. The second-order valence-corrected chi connectivity index (χ2v) is 4.47. The third kappa shape index (κ3) is 2.65. The minimum Gasteiger partial charge on any atom is -0.304 e. The number of hydrogen-bond acceptors (Lipinski definition) is 4. The Labute approximate surface area is 99.7 Å². The lowest BCUT2D eigenvalue weighted by Crippen LogP contribution is -2.19. The van der Waals surface area contributed by atoms with E-state index in [1.807, 2.05) is 5.38 Å². The second-order valence-electron chi connectivity index (χ2n) is 3.86. The van der Waals surface area contributed by atoms with Gasteiger partial charge in [0.15, 0.2) is 0 Å². The molecule has 1 aromatic heterocycles. The van der Waals surface area contributed by atoms with E-state index >= 15 is 0 Å². The number of rotatable bonds is 4. The summed E-state index contributed by atoms with van der Waals surface area (Å²) in [6.07, 6.45) is 0. The van der Waals surface area contributed by atoms with Crippen molar-refractivity contribution in [1.29, 1.82) is 0 Å². The number of hydrogen-bond donors (Lipinski definition) is 1. The molecule has 2 rings (SSSR count). The van der Waals surface area contributed by atoms with Crippen LogP contribution in [-0.2, 0) is 6.54 Å². The van der Waals surface area contributed by atoms with Gasteiger partial charge in [-0.3, -0.25) is 0 Å². The monoisotopic (exact) mass is 233 g/mol. The fourth-order valence-corrected chi connectivity index (χ4v) is 2.15. The Balaban J connectivity index is 1.98. The minimum absolute atomic E-state index is 0.336. The van der Waals surface area contributed by atoms with Gasteiger partial charge in [0.1, 0.15) is 0 Å². The quantitative estimate of drug-likeness (QED) is 0.882. The molecule has 1 N–H and O–H groups in total. The third-order valence-corrected chi connectivity index (χ3v) is 3.20. The number of nitrogens with zero attached hydrogens (tertiary/aromatic N) is 2. The van der Waals surface area contributed by atoms with Crippen molar-refractivity contribution in [2.45, 2.75) is 26.4 Å². The second kappa shape index (κ2) is 5.18. The van der Waals surface area contributed by atoms with Gasteiger partial charge in [-0.2, -0.15) is 0 Å². The van der Waals surface area contributed by atoms with Crippen LogP contribution < -0.4 is 5.32 Å². The van der Waals surface area contributed by atoms with E-state index in [9.17, 15) is 0 Å². The predicted molar refractivity (Wildman–Crippen MR) is 66.3 cm³/mol. The van der Waals surface area contributed by atoms with E-state index in [0.29, 0.717) is 6.04 Å². The van der Waals surface area contributed by atoms with Gasteiger partial charge in [-0.05, 0) is 36.5 Å². The standard InChI is InChI=1S/C12H15N3S/c1-9-5-3-4-6-12(9)10(2)13-7-11-8-16-15-14-11/h3-6,8,10,13H,7H2,1-2H3. The number of aryl methyl sites for hydroxylation is 1. The molecule has 2 aromatic rings. The van der Waals surface area contributed by atoms with Gasteiger partial charge in [-0.1, -0.05) is 28.8 Å². The maximum atomic E-state index is 4.01. The molecule has 0 saturated carbocycles. The maximum absolute atomic E-state index is 4.01. The summed E-state index contributed by atoms with van der Waals surface area (Å²) < 4.78 is 3.84. The number of benzene rings is 1. The van der Waals surface area contributed by atoms with Gasteiger partial charge in [-0.15, -0.1) is 5.10 Å². The molecule has 4 heteroatoms. The highest BCUT2D eigenvalue weighted by molar-refractivity contribution is 7.03. The van der Waals surface area contributed by atoms with Crippen molar-refractivity contribution in [2.75, 3.05) is 0 Å². The highest BCUT2D eigenvalue weighted by Crippen LogP contribution is 2.16. The Morgan fingerprint density at radius 1 is 1.38 bits per heavy atom. The molecule has 1 heterocycles. The maximum Gasteiger partial charge on any atom is 0.0893 e. The van der Waals surface area contributed by atoms with Crippen LogP contribution in [0.3, 0.4) is 0 Å². The van der Waals surface area contributed by atoms with Crippen LogP contribution in [0.5, 0.6) is 0 Å². The minimum atomic E-state index is 0.336. The molecule has 1 unspecified atom stereocenters. The molecule has 0 saturated heterocycles. The SMILES string of the molecule is Cc1ccccc1C(C)NCc1csnn1. The molecular weight excluding hydrogens is 218 g/mol. The van der Waals surface area contributed by atoms with E-state index in [4.69, 9.17) is 0 Å². The molecule has 0 aliphatic heterocycles. The fourth-order valence-electron chi connectivity index (χ4n) is 1.70. The third-order valence-electron chi connectivity index (χ3n) is 2.65. The van der Waals surface area contributed by atoms with Crippen molar-refractivity contribution >= 4 is 11.5 Å². The summed E-state index contributed by atoms with van der Waals surface area (Å²) in [5.41, 5.74) is 3.66. The summed E-state index contributed by atoms with van der Waals surface area (Å²) in [5, 5.41) is 9.43. The Morgan fingerprint density at radius 2 is 2.19 bits per heavy atom. The average Bonchev–Trinajstić information content (AvgIpc) is 2.79. The zero-order valence-electron chi connectivity index (χ0n) is 9.47. The molecule has 0 fully saturated rings. The zero-order valence-corrected chi connectivity index (χ0v) is 10.3. The highest BCUT2D eigenvalue weighted by Gasteiger charge is 2.07. The van der Waals surface area contributed by atoms with E-state index in [1.54, 1.807) is 0 Å². The van der Waals surface area contributed by atoms with E-state index in [0.717, 1.165) is 12.2 Å². The smallest absolute Gasteiger partial charge is 0.0893 e. The van der Waals surface area contributed by atoms with Crippen LogP contribution in [0.25, 0.3) is 0 Å². The lowest BCUT2D eigenvalue weighted by molar-refractivity contribution is 0.565. The van der Waals surface area contributed by atoms with Crippen LogP contribution in [0.15, 0.2) is 29.6 Å². The summed E-state index contributed by atoms with van der Waals surface area (Å²) in [6.45, 7) is 5.08. The number of nitrogens with one attached hydrogen (secondary N) is 1. The molecule has 0 spiro atoms. The molecule has 0 aliphatic rings. The van der Waals surface area contributed by atoms with Crippen molar-refractivity contribution in [3.05, 3.63) is 46.5 Å². The topological polar surface area (TPSA) is 37.8 Å². The molecule has 1 aromatic carbocycles. The largest absolute Gasteiger partial charge is 0.304 e. The van der Waals surface area contributed by atoms with E-state index < -0.39 is 0 Å². The van der Waals surface area contributed by atoms with Gasteiger partial charge in [-0.25, -0.2) is 0 Å². The molecule has 16 heavy (non-hydrogen) atoms. The van der Waals surface area contributed by atoms with Crippen LogP contribution in [0.4, 0.5) is 0 Å². The molecule has 0 aliphatic carbocycles. The van der Waals surface area contributed by atoms with E-state index in [2.05, 4.69) is 53.0 Å². The van der Waals surface area contributed by atoms with Gasteiger partial charge >= 0.3 is 0 Å². The van der Waals surface area contributed by atoms with Crippen molar-refractivity contribution < 1.29 is 0 Å². The predicted octanol–water partition coefficient (Wildman–Crippen LogP) is 2.70. The number of aromatic nitrogens is 2. The van der Waals surface area contributed by atoms with Crippen LogP contribution in [0, 0.1) is 6.92 Å². The highest BCUT2D eigenvalue weighted by atomic mass is 32.1. The van der Waals surface area contributed by atoms with E-state index in [-0.39, 0.29) is 0 Å².